The first-order valence-electron chi connectivity index (χ1n) is 6.27. The Labute approximate surface area is 107 Å². The number of nitrogens with zero attached hydrogens (tertiary/aromatic N) is 2. The molecule has 0 aliphatic rings. The average Bonchev–Trinajstić information content (AvgIpc) is 2.73. The Balaban J connectivity index is 1.90. The van der Waals surface area contributed by atoms with E-state index in [9.17, 15) is 4.79 Å². The predicted octanol–water partition coefficient (Wildman–Crippen LogP) is 2.09. The molecule has 96 valence electrons. The number of imidazole rings is 1. The second kappa shape index (κ2) is 5.58. The molecule has 18 heavy (non-hydrogen) atoms. The smallest absolute Gasteiger partial charge is 0.328 e. The van der Waals surface area contributed by atoms with Crippen LogP contribution in [-0.4, -0.2) is 15.7 Å². The number of aromatic nitrogens is 2. The molecule has 0 unspecified atom stereocenters. The van der Waals surface area contributed by atoms with E-state index in [2.05, 4.69) is 36.5 Å². The van der Waals surface area contributed by atoms with Gasteiger partial charge in [-0.05, 0) is 26.0 Å². The van der Waals surface area contributed by atoms with Gasteiger partial charge in [0.05, 0.1) is 0 Å². The van der Waals surface area contributed by atoms with E-state index in [1.807, 2.05) is 19.3 Å². The van der Waals surface area contributed by atoms with Crippen LogP contribution >= 0.6 is 0 Å². The lowest BCUT2D eigenvalue weighted by Gasteiger charge is -2.06. The number of anilines is 1. The highest BCUT2D eigenvalue weighted by Gasteiger charge is 2.00. The fourth-order valence-corrected chi connectivity index (χ4v) is 1.86. The largest absolute Gasteiger partial charge is 0.383 e. The SMILES string of the molecule is CCn1ccn(CCNc2ccc(C)cc2)c1=O. The average molecular weight is 245 g/mol. The van der Waals surface area contributed by atoms with Gasteiger partial charge in [-0.2, -0.15) is 0 Å². The minimum Gasteiger partial charge on any atom is -0.383 e. The van der Waals surface area contributed by atoms with Crippen LogP contribution in [0.2, 0.25) is 0 Å². The molecule has 0 radical (unpaired) electrons. The normalized spacial score (nSPS) is 10.6. The molecule has 0 fully saturated rings. The molecular weight excluding hydrogens is 226 g/mol. The number of benzene rings is 1. The Morgan fingerprint density at radius 2 is 1.78 bits per heavy atom. The number of rotatable bonds is 5. The number of aryl methyl sites for hydroxylation is 2. The van der Waals surface area contributed by atoms with Gasteiger partial charge in [-0.1, -0.05) is 17.7 Å². The first-order valence-corrected chi connectivity index (χ1v) is 6.27. The Hall–Kier alpha value is -1.97. The summed E-state index contributed by atoms with van der Waals surface area (Å²) in [5.41, 5.74) is 2.39. The van der Waals surface area contributed by atoms with Gasteiger partial charge >= 0.3 is 5.69 Å². The molecule has 2 rings (SSSR count). The first-order chi connectivity index (χ1) is 8.70. The second-order valence-corrected chi connectivity index (χ2v) is 4.35. The molecule has 1 aromatic heterocycles. The van der Waals surface area contributed by atoms with Gasteiger partial charge in [-0.3, -0.25) is 9.13 Å². The minimum absolute atomic E-state index is 0.0585. The summed E-state index contributed by atoms with van der Waals surface area (Å²) < 4.78 is 3.43. The first kappa shape index (κ1) is 12.5. The monoisotopic (exact) mass is 245 g/mol. The molecule has 0 aliphatic carbocycles. The summed E-state index contributed by atoms with van der Waals surface area (Å²) in [5, 5.41) is 3.31. The van der Waals surface area contributed by atoms with Crippen LogP contribution in [0, 0.1) is 6.92 Å². The lowest BCUT2D eigenvalue weighted by Crippen LogP contribution is -2.25. The molecule has 0 atom stereocenters. The van der Waals surface area contributed by atoms with Crippen LogP contribution < -0.4 is 11.0 Å². The molecule has 2 aromatic rings. The van der Waals surface area contributed by atoms with Crippen LogP contribution in [-0.2, 0) is 13.1 Å². The highest BCUT2D eigenvalue weighted by Crippen LogP contribution is 2.07. The van der Waals surface area contributed by atoms with Crippen molar-refractivity contribution in [1.29, 1.82) is 0 Å². The molecule has 0 aliphatic heterocycles. The third kappa shape index (κ3) is 2.83. The van der Waals surface area contributed by atoms with Crippen LogP contribution in [0.5, 0.6) is 0 Å². The topological polar surface area (TPSA) is 39.0 Å². The van der Waals surface area contributed by atoms with E-state index in [1.165, 1.54) is 5.56 Å². The fourth-order valence-electron chi connectivity index (χ4n) is 1.86. The second-order valence-electron chi connectivity index (χ2n) is 4.35. The van der Waals surface area contributed by atoms with Gasteiger partial charge in [0.15, 0.2) is 0 Å². The minimum atomic E-state index is 0.0585. The fraction of sp³-hybridized carbons (Fsp3) is 0.357. The van der Waals surface area contributed by atoms with E-state index >= 15 is 0 Å². The van der Waals surface area contributed by atoms with Crippen LogP contribution in [0.3, 0.4) is 0 Å². The molecule has 1 heterocycles. The van der Waals surface area contributed by atoms with Gasteiger partial charge in [-0.25, -0.2) is 4.79 Å². The third-order valence-corrected chi connectivity index (χ3v) is 2.99. The van der Waals surface area contributed by atoms with Crippen LogP contribution in [0.15, 0.2) is 41.5 Å². The molecule has 1 N–H and O–H groups in total. The standard InChI is InChI=1S/C14H19N3O/c1-3-16-10-11-17(14(16)18)9-8-15-13-6-4-12(2)5-7-13/h4-7,10-11,15H,3,8-9H2,1-2H3. The zero-order chi connectivity index (χ0) is 13.0. The van der Waals surface area contributed by atoms with E-state index in [-0.39, 0.29) is 5.69 Å². The maximum atomic E-state index is 11.8. The molecule has 4 nitrogen and oxygen atoms in total. The number of nitrogens with one attached hydrogen (secondary N) is 1. The lowest BCUT2D eigenvalue weighted by atomic mass is 10.2. The van der Waals surface area contributed by atoms with Gasteiger partial charge in [0.1, 0.15) is 0 Å². The van der Waals surface area contributed by atoms with E-state index < -0.39 is 0 Å². The number of hydrogen-bond donors (Lipinski definition) is 1. The summed E-state index contributed by atoms with van der Waals surface area (Å²) in [4.78, 5) is 11.8. The van der Waals surface area contributed by atoms with Gasteiger partial charge in [0, 0.05) is 37.7 Å². The molecule has 0 spiro atoms. The lowest BCUT2D eigenvalue weighted by molar-refractivity contribution is 0.642. The summed E-state index contributed by atoms with van der Waals surface area (Å²) in [6.45, 7) is 6.18. The summed E-state index contributed by atoms with van der Waals surface area (Å²) in [5.74, 6) is 0. The van der Waals surface area contributed by atoms with E-state index in [0.717, 1.165) is 18.8 Å². The van der Waals surface area contributed by atoms with Crippen LogP contribution in [0.25, 0.3) is 0 Å². The Kier molecular flexibility index (Phi) is 3.87. The highest BCUT2D eigenvalue weighted by atomic mass is 16.1. The molecule has 0 saturated heterocycles. The highest BCUT2D eigenvalue weighted by molar-refractivity contribution is 5.44. The van der Waals surface area contributed by atoms with Crippen molar-refractivity contribution in [3.63, 3.8) is 0 Å². The predicted molar refractivity (Wildman–Crippen MR) is 74.0 cm³/mol. The quantitative estimate of drug-likeness (QED) is 0.876. The van der Waals surface area contributed by atoms with E-state index in [1.54, 1.807) is 9.13 Å². The summed E-state index contributed by atoms with van der Waals surface area (Å²) in [6, 6.07) is 8.24. The summed E-state index contributed by atoms with van der Waals surface area (Å²) in [7, 11) is 0. The molecule has 0 amide bonds. The van der Waals surface area contributed by atoms with Crippen molar-refractivity contribution in [2.75, 3.05) is 11.9 Å². The molecule has 1 aromatic carbocycles. The Morgan fingerprint density at radius 3 is 2.39 bits per heavy atom. The zero-order valence-corrected chi connectivity index (χ0v) is 10.9. The van der Waals surface area contributed by atoms with Gasteiger partial charge in [0.25, 0.3) is 0 Å². The summed E-state index contributed by atoms with van der Waals surface area (Å²) >= 11 is 0. The van der Waals surface area contributed by atoms with Crippen molar-refractivity contribution in [1.82, 2.24) is 9.13 Å². The maximum absolute atomic E-state index is 11.8. The van der Waals surface area contributed by atoms with Gasteiger partial charge < -0.3 is 5.32 Å². The molecule has 4 heteroatoms. The van der Waals surface area contributed by atoms with Crippen LogP contribution in [0.1, 0.15) is 12.5 Å². The zero-order valence-electron chi connectivity index (χ0n) is 10.9. The maximum Gasteiger partial charge on any atom is 0.328 e. The molecule has 0 saturated carbocycles. The van der Waals surface area contributed by atoms with Crippen molar-refractivity contribution >= 4 is 5.69 Å². The molecule has 0 bridgehead atoms. The van der Waals surface area contributed by atoms with Crippen molar-refractivity contribution in [2.45, 2.75) is 26.9 Å². The van der Waals surface area contributed by atoms with Crippen molar-refractivity contribution < 1.29 is 0 Å². The Morgan fingerprint density at radius 1 is 1.11 bits per heavy atom. The van der Waals surface area contributed by atoms with E-state index in [0.29, 0.717) is 6.54 Å². The van der Waals surface area contributed by atoms with Crippen molar-refractivity contribution in [3.8, 4) is 0 Å². The van der Waals surface area contributed by atoms with Crippen molar-refractivity contribution in [3.05, 3.63) is 52.7 Å². The Bertz CT molecular complexity index is 551. The molecular formula is C14H19N3O. The van der Waals surface area contributed by atoms with Gasteiger partial charge in [0.2, 0.25) is 0 Å². The third-order valence-electron chi connectivity index (χ3n) is 2.99. The van der Waals surface area contributed by atoms with Crippen molar-refractivity contribution in [2.24, 2.45) is 0 Å². The van der Waals surface area contributed by atoms with Gasteiger partial charge in [-0.15, -0.1) is 0 Å². The number of hydrogen-bond acceptors (Lipinski definition) is 2. The van der Waals surface area contributed by atoms with Crippen LogP contribution in [0.4, 0.5) is 5.69 Å². The summed E-state index contributed by atoms with van der Waals surface area (Å²) in [6.07, 6.45) is 3.66. The van der Waals surface area contributed by atoms with E-state index in [4.69, 9.17) is 0 Å².